The zero-order valence-electron chi connectivity index (χ0n) is 12.1. The number of halogens is 1. The number of esters is 2. The molecule has 0 aromatic heterocycles. The Bertz CT molecular complexity index is 768. The summed E-state index contributed by atoms with van der Waals surface area (Å²) in [6, 6.07) is 14.4. The lowest BCUT2D eigenvalue weighted by atomic mass is 10.1. The summed E-state index contributed by atoms with van der Waals surface area (Å²) < 4.78 is 24.0. The zero-order chi connectivity index (χ0) is 16.2. The maximum atomic E-state index is 13.7. The molecule has 0 fully saturated rings. The van der Waals surface area contributed by atoms with Gasteiger partial charge in [-0.3, -0.25) is 0 Å². The molecule has 0 N–H and O–H groups in total. The summed E-state index contributed by atoms with van der Waals surface area (Å²) in [4.78, 5) is 23.7. The minimum atomic E-state index is -0.718. The molecule has 23 heavy (non-hydrogen) atoms. The van der Waals surface area contributed by atoms with E-state index in [2.05, 4.69) is 0 Å². The van der Waals surface area contributed by atoms with Crippen molar-refractivity contribution >= 4 is 17.5 Å². The summed E-state index contributed by atoms with van der Waals surface area (Å²) in [5, 5.41) is 0. The van der Waals surface area contributed by atoms with Crippen molar-refractivity contribution in [1.29, 1.82) is 0 Å². The lowest BCUT2D eigenvalue weighted by Gasteiger charge is -2.09. The minimum absolute atomic E-state index is 0.114. The largest absolute Gasteiger partial charge is 0.458 e. The number of benzene rings is 2. The summed E-state index contributed by atoms with van der Waals surface area (Å²) in [5.74, 6) is -1.64. The van der Waals surface area contributed by atoms with Crippen molar-refractivity contribution in [2.75, 3.05) is 6.61 Å². The molecule has 1 atom stereocenters. The van der Waals surface area contributed by atoms with Crippen LogP contribution in [-0.2, 0) is 14.3 Å². The maximum absolute atomic E-state index is 13.7. The van der Waals surface area contributed by atoms with Gasteiger partial charge in [0, 0.05) is 5.56 Å². The Morgan fingerprint density at radius 3 is 2.52 bits per heavy atom. The van der Waals surface area contributed by atoms with Gasteiger partial charge in [0.2, 0.25) is 0 Å². The fraction of sp³-hybridized carbons (Fsp3) is 0.111. The van der Waals surface area contributed by atoms with Gasteiger partial charge in [-0.05, 0) is 24.3 Å². The van der Waals surface area contributed by atoms with E-state index in [0.29, 0.717) is 5.56 Å². The molecule has 1 heterocycles. The standard InChI is InChI=1S/C18H13FO4/c19-16-9-5-4-8-14(16)15-10-13(23-18(15)21)11-22-17(20)12-6-2-1-3-7-12/h1-10,13H,11H2. The van der Waals surface area contributed by atoms with Crippen LogP contribution in [0, 0.1) is 5.82 Å². The molecule has 116 valence electrons. The number of cyclic esters (lactones) is 1. The molecule has 3 rings (SSSR count). The van der Waals surface area contributed by atoms with Gasteiger partial charge in [0.25, 0.3) is 0 Å². The average molecular weight is 312 g/mol. The number of carbonyl (C=O) groups is 2. The molecule has 0 saturated heterocycles. The topological polar surface area (TPSA) is 52.6 Å². The van der Waals surface area contributed by atoms with Crippen LogP contribution < -0.4 is 0 Å². The molecule has 2 aromatic carbocycles. The number of carbonyl (C=O) groups excluding carboxylic acids is 2. The van der Waals surface area contributed by atoms with Crippen LogP contribution in [0.5, 0.6) is 0 Å². The second-order valence-electron chi connectivity index (χ2n) is 4.97. The first-order valence-electron chi connectivity index (χ1n) is 7.05. The van der Waals surface area contributed by atoms with Crippen LogP contribution in [0.4, 0.5) is 4.39 Å². The smallest absolute Gasteiger partial charge is 0.339 e. The molecule has 0 spiro atoms. The second kappa shape index (κ2) is 6.44. The van der Waals surface area contributed by atoms with Crippen molar-refractivity contribution in [1.82, 2.24) is 0 Å². The predicted molar refractivity (Wildman–Crippen MR) is 81.0 cm³/mol. The second-order valence-corrected chi connectivity index (χ2v) is 4.97. The first kappa shape index (κ1) is 15.0. The average Bonchev–Trinajstić information content (AvgIpc) is 2.94. The highest BCUT2D eigenvalue weighted by Crippen LogP contribution is 2.26. The van der Waals surface area contributed by atoms with Crippen molar-refractivity contribution in [2.24, 2.45) is 0 Å². The van der Waals surface area contributed by atoms with Crippen LogP contribution in [0.1, 0.15) is 15.9 Å². The van der Waals surface area contributed by atoms with E-state index in [4.69, 9.17) is 9.47 Å². The van der Waals surface area contributed by atoms with E-state index < -0.39 is 23.9 Å². The van der Waals surface area contributed by atoms with Crippen LogP contribution in [0.15, 0.2) is 60.7 Å². The van der Waals surface area contributed by atoms with E-state index in [-0.39, 0.29) is 17.7 Å². The Balaban J connectivity index is 1.68. The molecular formula is C18H13FO4. The van der Waals surface area contributed by atoms with Crippen molar-refractivity contribution in [3.8, 4) is 0 Å². The van der Waals surface area contributed by atoms with Gasteiger partial charge in [-0.1, -0.05) is 36.4 Å². The van der Waals surface area contributed by atoms with Gasteiger partial charge in [0.05, 0.1) is 11.1 Å². The van der Waals surface area contributed by atoms with E-state index in [0.717, 1.165) is 0 Å². The summed E-state index contributed by atoms with van der Waals surface area (Å²) in [6.45, 7) is -0.114. The van der Waals surface area contributed by atoms with Crippen molar-refractivity contribution in [3.63, 3.8) is 0 Å². The maximum Gasteiger partial charge on any atom is 0.339 e. The first-order valence-corrected chi connectivity index (χ1v) is 7.05. The number of rotatable bonds is 4. The highest BCUT2D eigenvalue weighted by Gasteiger charge is 2.29. The SMILES string of the molecule is O=C1OC(COC(=O)c2ccccc2)C=C1c1ccccc1F. The van der Waals surface area contributed by atoms with E-state index >= 15 is 0 Å². The molecule has 2 aromatic rings. The third kappa shape index (κ3) is 3.29. The Morgan fingerprint density at radius 2 is 1.78 bits per heavy atom. The van der Waals surface area contributed by atoms with Crippen molar-refractivity contribution < 1.29 is 23.5 Å². The van der Waals surface area contributed by atoms with Crippen LogP contribution in [0.25, 0.3) is 5.57 Å². The molecule has 0 bridgehead atoms. The summed E-state index contributed by atoms with van der Waals surface area (Å²) in [7, 11) is 0. The van der Waals surface area contributed by atoms with Gasteiger partial charge in [0.15, 0.2) is 6.10 Å². The van der Waals surface area contributed by atoms with Gasteiger partial charge < -0.3 is 9.47 Å². The van der Waals surface area contributed by atoms with Gasteiger partial charge >= 0.3 is 11.9 Å². The van der Waals surface area contributed by atoms with E-state index in [1.165, 1.54) is 18.2 Å². The fourth-order valence-electron chi connectivity index (χ4n) is 2.27. The predicted octanol–water partition coefficient (Wildman–Crippen LogP) is 2.99. The molecule has 1 unspecified atom stereocenters. The van der Waals surface area contributed by atoms with Crippen LogP contribution in [-0.4, -0.2) is 24.6 Å². The molecule has 0 radical (unpaired) electrons. The van der Waals surface area contributed by atoms with E-state index in [1.807, 2.05) is 0 Å². The number of hydrogen-bond donors (Lipinski definition) is 0. The molecule has 0 aliphatic carbocycles. The molecule has 5 heteroatoms. The minimum Gasteiger partial charge on any atom is -0.458 e. The summed E-state index contributed by atoms with van der Waals surface area (Å²) in [6.07, 6.45) is 0.753. The highest BCUT2D eigenvalue weighted by molar-refractivity contribution is 6.18. The first-order chi connectivity index (χ1) is 11.1. The van der Waals surface area contributed by atoms with E-state index in [9.17, 15) is 14.0 Å². The Kier molecular flexibility index (Phi) is 4.19. The zero-order valence-corrected chi connectivity index (χ0v) is 12.1. The number of ether oxygens (including phenoxy) is 2. The normalized spacial score (nSPS) is 16.7. The number of hydrogen-bond acceptors (Lipinski definition) is 4. The van der Waals surface area contributed by atoms with E-state index in [1.54, 1.807) is 42.5 Å². The molecular weight excluding hydrogens is 299 g/mol. The van der Waals surface area contributed by atoms with Crippen molar-refractivity contribution in [3.05, 3.63) is 77.6 Å². The lowest BCUT2D eigenvalue weighted by Crippen LogP contribution is -2.18. The molecule has 1 aliphatic rings. The Labute approximate surface area is 132 Å². The molecule has 1 aliphatic heterocycles. The molecule has 0 amide bonds. The third-order valence-electron chi connectivity index (χ3n) is 3.38. The Hall–Kier alpha value is -2.95. The van der Waals surface area contributed by atoms with Gasteiger partial charge in [0.1, 0.15) is 12.4 Å². The highest BCUT2D eigenvalue weighted by atomic mass is 19.1. The van der Waals surface area contributed by atoms with Gasteiger partial charge in [-0.15, -0.1) is 0 Å². The van der Waals surface area contributed by atoms with Crippen LogP contribution in [0.2, 0.25) is 0 Å². The lowest BCUT2D eigenvalue weighted by molar-refractivity contribution is -0.139. The van der Waals surface area contributed by atoms with Crippen LogP contribution >= 0.6 is 0 Å². The third-order valence-corrected chi connectivity index (χ3v) is 3.38. The molecule has 4 nitrogen and oxygen atoms in total. The van der Waals surface area contributed by atoms with Gasteiger partial charge in [-0.2, -0.15) is 0 Å². The van der Waals surface area contributed by atoms with Crippen molar-refractivity contribution in [2.45, 2.75) is 6.10 Å². The quantitative estimate of drug-likeness (QED) is 0.814. The monoisotopic (exact) mass is 312 g/mol. The molecule has 0 saturated carbocycles. The van der Waals surface area contributed by atoms with Crippen LogP contribution in [0.3, 0.4) is 0 Å². The van der Waals surface area contributed by atoms with Gasteiger partial charge in [-0.25, -0.2) is 14.0 Å². The summed E-state index contributed by atoms with van der Waals surface area (Å²) >= 11 is 0. The Morgan fingerprint density at radius 1 is 1.09 bits per heavy atom. The summed E-state index contributed by atoms with van der Waals surface area (Å²) in [5.41, 5.74) is 0.730. The fourth-order valence-corrected chi connectivity index (χ4v) is 2.27.